The lowest BCUT2D eigenvalue weighted by molar-refractivity contribution is -0.141. The van der Waals surface area contributed by atoms with E-state index in [1.54, 1.807) is 20.8 Å². The van der Waals surface area contributed by atoms with Crippen LogP contribution in [-0.2, 0) is 14.3 Å². The van der Waals surface area contributed by atoms with Gasteiger partial charge in [-0.2, -0.15) is 0 Å². The largest absolute Gasteiger partial charge is 0.480 e. The highest BCUT2D eigenvalue weighted by molar-refractivity contribution is 5.80. The topological polar surface area (TPSA) is 84.9 Å². The van der Waals surface area contributed by atoms with Crippen LogP contribution in [0, 0.1) is 5.92 Å². The molecular formula is C13H25NO5. The van der Waals surface area contributed by atoms with E-state index < -0.39 is 23.7 Å². The van der Waals surface area contributed by atoms with Crippen molar-refractivity contribution < 1.29 is 24.2 Å². The Hall–Kier alpha value is -1.30. The van der Waals surface area contributed by atoms with Crippen LogP contribution in [0.1, 0.15) is 41.0 Å². The average molecular weight is 275 g/mol. The van der Waals surface area contributed by atoms with Crippen LogP contribution >= 0.6 is 0 Å². The Morgan fingerprint density at radius 1 is 1.26 bits per heavy atom. The smallest absolute Gasteiger partial charge is 0.408 e. The van der Waals surface area contributed by atoms with Gasteiger partial charge in [-0.15, -0.1) is 0 Å². The molecule has 6 nitrogen and oxygen atoms in total. The summed E-state index contributed by atoms with van der Waals surface area (Å²) in [4.78, 5) is 22.4. The zero-order chi connectivity index (χ0) is 15.1. The molecule has 0 aromatic carbocycles. The van der Waals surface area contributed by atoms with E-state index in [-0.39, 0.29) is 6.61 Å². The Balaban J connectivity index is 4.12. The number of carboxylic acids is 1. The van der Waals surface area contributed by atoms with E-state index in [2.05, 4.69) is 19.2 Å². The number of ether oxygens (including phenoxy) is 2. The van der Waals surface area contributed by atoms with E-state index in [0.29, 0.717) is 12.5 Å². The van der Waals surface area contributed by atoms with Gasteiger partial charge in [0.2, 0.25) is 0 Å². The predicted octanol–water partition coefficient (Wildman–Crippen LogP) is 2.03. The molecule has 0 unspecified atom stereocenters. The maximum atomic E-state index is 11.5. The number of aliphatic carboxylic acids is 1. The van der Waals surface area contributed by atoms with Crippen molar-refractivity contribution in [1.82, 2.24) is 5.32 Å². The maximum Gasteiger partial charge on any atom is 0.408 e. The van der Waals surface area contributed by atoms with Crippen LogP contribution in [0.15, 0.2) is 0 Å². The van der Waals surface area contributed by atoms with Crippen LogP contribution in [0.5, 0.6) is 0 Å². The molecule has 0 spiro atoms. The lowest BCUT2D eigenvalue weighted by atomic mass is 10.1. The van der Waals surface area contributed by atoms with E-state index in [1.807, 2.05) is 0 Å². The van der Waals surface area contributed by atoms with E-state index in [9.17, 15) is 9.59 Å². The molecule has 0 fully saturated rings. The molecule has 0 aliphatic rings. The summed E-state index contributed by atoms with van der Waals surface area (Å²) < 4.78 is 10.2. The van der Waals surface area contributed by atoms with E-state index in [1.165, 1.54) is 0 Å². The second-order valence-electron chi connectivity index (χ2n) is 5.79. The first-order chi connectivity index (χ1) is 8.61. The summed E-state index contributed by atoms with van der Waals surface area (Å²) in [6.07, 6.45) is 0.0889. The molecule has 0 radical (unpaired) electrons. The van der Waals surface area contributed by atoms with Crippen LogP contribution < -0.4 is 5.32 Å². The van der Waals surface area contributed by atoms with Crippen molar-refractivity contribution in [3.05, 3.63) is 0 Å². The first-order valence-corrected chi connectivity index (χ1v) is 6.42. The Labute approximate surface area is 114 Å². The second kappa shape index (κ2) is 7.99. The van der Waals surface area contributed by atoms with Crippen LogP contribution in [0.4, 0.5) is 4.79 Å². The third-order valence-corrected chi connectivity index (χ3v) is 2.11. The zero-order valence-corrected chi connectivity index (χ0v) is 12.4. The second-order valence-corrected chi connectivity index (χ2v) is 5.79. The van der Waals surface area contributed by atoms with Gasteiger partial charge in [0.15, 0.2) is 6.04 Å². The quantitative estimate of drug-likeness (QED) is 0.694. The van der Waals surface area contributed by atoms with Gasteiger partial charge in [0.25, 0.3) is 0 Å². The molecule has 0 bridgehead atoms. The molecule has 2 N–H and O–H groups in total. The first-order valence-electron chi connectivity index (χ1n) is 6.42. The fraction of sp³-hybridized carbons (Fsp3) is 0.846. The number of rotatable bonds is 7. The molecule has 0 aromatic heterocycles. The average Bonchev–Trinajstić information content (AvgIpc) is 2.19. The number of carbonyl (C=O) groups excluding carboxylic acids is 1. The van der Waals surface area contributed by atoms with Gasteiger partial charge in [-0.3, -0.25) is 0 Å². The number of hydrogen-bond donors (Lipinski definition) is 2. The van der Waals surface area contributed by atoms with Gasteiger partial charge in [-0.25, -0.2) is 9.59 Å². The van der Waals surface area contributed by atoms with Crippen molar-refractivity contribution in [2.75, 3.05) is 13.2 Å². The molecule has 6 heteroatoms. The number of carbonyl (C=O) groups is 2. The van der Waals surface area contributed by atoms with Gasteiger partial charge in [0.1, 0.15) is 5.60 Å². The van der Waals surface area contributed by atoms with Crippen LogP contribution in [0.25, 0.3) is 0 Å². The third kappa shape index (κ3) is 10.3. The molecule has 112 valence electrons. The molecule has 0 heterocycles. The Bertz CT molecular complexity index is 296. The highest BCUT2D eigenvalue weighted by atomic mass is 16.6. The zero-order valence-electron chi connectivity index (χ0n) is 12.4. The molecule has 0 aliphatic carbocycles. The summed E-state index contributed by atoms with van der Waals surface area (Å²) >= 11 is 0. The summed E-state index contributed by atoms with van der Waals surface area (Å²) in [5, 5.41) is 11.3. The fourth-order valence-corrected chi connectivity index (χ4v) is 1.14. The van der Waals surface area contributed by atoms with Crippen molar-refractivity contribution in [3.8, 4) is 0 Å². The minimum Gasteiger partial charge on any atom is -0.480 e. The summed E-state index contributed by atoms with van der Waals surface area (Å²) in [5.41, 5.74) is -0.661. The maximum absolute atomic E-state index is 11.5. The monoisotopic (exact) mass is 275 g/mol. The van der Waals surface area contributed by atoms with E-state index in [4.69, 9.17) is 14.6 Å². The number of carboxylic acid groups (broad SMARTS) is 1. The van der Waals surface area contributed by atoms with Crippen molar-refractivity contribution in [2.45, 2.75) is 52.7 Å². The molecule has 0 aliphatic heterocycles. The molecule has 1 atom stereocenters. The lowest BCUT2D eigenvalue weighted by Gasteiger charge is -2.22. The van der Waals surface area contributed by atoms with Crippen molar-refractivity contribution >= 4 is 12.1 Å². The molecule has 0 aromatic rings. The molecular weight excluding hydrogens is 250 g/mol. The normalized spacial score (nSPS) is 13.2. The fourth-order valence-electron chi connectivity index (χ4n) is 1.14. The standard InChI is InChI=1S/C13H25NO5/c1-9(2)6-7-18-8-10(11(15)16)14-12(17)19-13(3,4)5/h9-10H,6-8H2,1-5H3,(H,14,17)(H,15,16)/t10-/m1/s1. The number of alkyl carbamates (subject to hydrolysis) is 1. The van der Waals surface area contributed by atoms with E-state index in [0.717, 1.165) is 6.42 Å². The van der Waals surface area contributed by atoms with E-state index >= 15 is 0 Å². The van der Waals surface area contributed by atoms with Crippen LogP contribution in [0.3, 0.4) is 0 Å². The lowest BCUT2D eigenvalue weighted by Crippen LogP contribution is -2.46. The van der Waals surface area contributed by atoms with Gasteiger partial charge in [-0.1, -0.05) is 13.8 Å². The molecule has 0 saturated carbocycles. The minimum atomic E-state index is -1.14. The molecule has 1 amide bonds. The van der Waals surface area contributed by atoms with Crippen LogP contribution in [0.2, 0.25) is 0 Å². The number of nitrogens with one attached hydrogen (secondary N) is 1. The van der Waals surface area contributed by atoms with Crippen molar-refractivity contribution in [2.24, 2.45) is 5.92 Å². The first kappa shape index (κ1) is 17.7. The predicted molar refractivity (Wildman–Crippen MR) is 71.1 cm³/mol. The van der Waals surface area contributed by atoms with Gasteiger partial charge in [-0.05, 0) is 33.1 Å². The highest BCUT2D eigenvalue weighted by Crippen LogP contribution is 2.07. The number of amides is 1. The minimum absolute atomic E-state index is 0.0682. The van der Waals surface area contributed by atoms with Gasteiger partial charge in [0, 0.05) is 6.61 Å². The summed E-state index contributed by atoms with van der Waals surface area (Å²) in [5.74, 6) is -0.655. The van der Waals surface area contributed by atoms with Gasteiger partial charge < -0.3 is 19.9 Å². The SMILES string of the molecule is CC(C)CCOC[C@@H](NC(=O)OC(C)(C)C)C(=O)O. The molecule has 19 heavy (non-hydrogen) atoms. The summed E-state index contributed by atoms with van der Waals surface area (Å²) in [6, 6.07) is -1.10. The molecule has 0 saturated heterocycles. The highest BCUT2D eigenvalue weighted by Gasteiger charge is 2.24. The summed E-state index contributed by atoms with van der Waals surface area (Å²) in [6.45, 7) is 9.64. The van der Waals surface area contributed by atoms with Crippen molar-refractivity contribution in [1.29, 1.82) is 0 Å². The molecule has 0 rings (SSSR count). The Morgan fingerprint density at radius 2 is 1.84 bits per heavy atom. The van der Waals surface area contributed by atoms with Gasteiger partial charge >= 0.3 is 12.1 Å². The Morgan fingerprint density at radius 3 is 2.26 bits per heavy atom. The van der Waals surface area contributed by atoms with Crippen LogP contribution in [-0.4, -0.2) is 42.0 Å². The van der Waals surface area contributed by atoms with Gasteiger partial charge in [0.05, 0.1) is 6.61 Å². The third-order valence-electron chi connectivity index (χ3n) is 2.11. The van der Waals surface area contributed by atoms with Crippen molar-refractivity contribution in [3.63, 3.8) is 0 Å². The Kier molecular flexibility index (Phi) is 7.44. The summed E-state index contributed by atoms with van der Waals surface area (Å²) in [7, 11) is 0. The number of hydrogen-bond acceptors (Lipinski definition) is 4.